The van der Waals surface area contributed by atoms with E-state index in [9.17, 15) is 22.8 Å². The molecule has 0 aliphatic rings. The van der Waals surface area contributed by atoms with Gasteiger partial charge >= 0.3 is 11.9 Å². The van der Waals surface area contributed by atoms with Gasteiger partial charge < -0.3 is 4.57 Å². The molecule has 0 saturated heterocycles. The molecule has 0 fully saturated rings. The predicted molar refractivity (Wildman–Crippen MR) is 106 cm³/mol. The molecule has 0 unspecified atom stereocenters. The fourth-order valence-electron chi connectivity index (χ4n) is 3.56. The van der Waals surface area contributed by atoms with Gasteiger partial charge in [-0.2, -0.15) is 13.2 Å². The van der Waals surface area contributed by atoms with Crippen LogP contribution in [0.15, 0.2) is 39.9 Å². The van der Waals surface area contributed by atoms with E-state index in [1.54, 1.807) is 22.1 Å². The van der Waals surface area contributed by atoms with Crippen molar-refractivity contribution < 1.29 is 13.2 Å². The van der Waals surface area contributed by atoms with Crippen molar-refractivity contribution in [2.24, 2.45) is 5.92 Å². The predicted octanol–water partition coefficient (Wildman–Crippen LogP) is 4.02. The van der Waals surface area contributed by atoms with Crippen LogP contribution in [0.4, 0.5) is 13.2 Å². The SMILES string of the molecule is CCn1c(=O)c2c(cc(C)n2Cc2ccc(C(F)(F)F)cc2)n(CC(C)C)c1=O. The third-order valence-corrected chi connectivity index (χ3v) is 4.97. The number of fused-ring (bicyclic) bond motifs is 1. The number of hydrogen-bond donors (Lipinski definition) is 0. The van der Waals surface area contributed by atoms with Crippen molar-refractivity contribution in [3.05, 3.63) is 68.0 Å². The van der Waals surface area contributed by atoms with Crippen molar-refractivity contribution in [2.75, 3.05) is 0 Å². The van der Waals surface area contributed by atoms with Gasteiger partial charge in [-0.1, -0.05) is 26.0 Å². The molecule has 3 aromatic rings. The van der Waals surface area contributed by atoms with Crippen LogP contribution in [0.2, 0.25) is 0 Å². The summed E-state index contributed by atoms with van der Waals surface area (Å²) in [7, 11) is 0. The minimum atomic E-state index is -4.39. The van der Waals surface area contributed by atoms with Gasteiger partial charge in [-0.3, -0.25) is 13.9 Å². The van der Waals surface area contributed by atoms with E-state index in [2.05, 4.69) is 0 Å². The molecular formula is C21H24F3N3O2. The van der Waals surface area contributed by atoms with Gasteiger partial charge in [0, 0.05) is 25.3 Å². The Balaban J connectivity index is 2.17. The standard InChI is InChI=1S/C21H24F3N3O2/c1-5-25-19(28)18-17(27(20(25)29)11-13(2)3)10-14(4)26(18)12-15-6-8-16(9-7-15)21(22,23)24/h6-10,13H,5,11-12H2,1-4H3. The lowest BCUT2D eigenvalue weighted by Crippen LogP contribution is -2.40. The van der Waals surface area contributed by atoms with E-state index in [-0.39, 0.29) is 30.3 Å². The van der Waals surface area contributed by atoms with E-state index < -0.39 is 11.7 Å². The van der Waals surface area contributed by atoms with E-state index in [1.807, 2.05) is 20.8 Å². The number of halogens is 3. The van der Waals surface area contributed by atoms with Crippen LogP contribution in [0.1, 0.15) is 37.6 Å². The highest BCUT2D eigenvalue weighted by atomic mass is 19.4. The molecule has 156 valence electrons. The minimum Gasteiger partial charge on any atom is -0.335 e. The van der Waals surface area contributed by atoms with E-state index in [0.29, 0.717) is 23.1 Å². The van der Waals surface area contributed by atoms with Crippen molar-refractivity contribution in [1.82, 2.24) is 13.7 Å². The smallest absolute Gasteiger partial charge is 0.335 e. The van der Waals surface area contributed by atoms with Crippen LogP contribution >= 0.6 is 0 Å². The fraction of sp³-hybridized carbons (Fsp3) is 0.429. The molecule has 5 nitrogen and oxygen atoms in total. The first kappa shape index (κ1) is 21.0. The van der Waals surface area contributed by atoms with E-state index in [1.165, 1.54) is 16.7 Å². The minimum absolute atomic E-state index is 0.206. The van der Waals surface area contributed by atoms with Crippen molar-refractivity contribution in [1.29, 1.82) is 0 Å². The summed E-state index contributed by atoms with van der Waals surface area (Å²) >= 11 is 0. The Morgan fingerprint density at radius 3 is 2.14 bits per heavy atom. The summed E-state index contributed by atoms with van der Waals surface area (Å²) in [5, 5.41) is 0. The molecule has 8 heteroatoms. The molecule has 0 N–H and O–H groups in total. The van der Waals surface area contributed by atoms with Gasteiger partial charge in [-0.25, -0.2) is 4.79 Å². The zero-order valence-electron chi connectivity index (χ0n) is 16.9. The first-order valence-corrected chi connectivity index (χ1v) is 9.54. The summed E-state index contributed by atoms with van der Waals surface area (Å²) in [5.41, 5.74) is 0.921. The number of rotatable bonds is 5. The number of aromatic nitrogens is 3. The van der Waals surface area contributed by atoms with Crippen molar-refractivity contribution in [3.63, 3.8) is 0 Å². The van der Waals surface area contributed by atoms with Crippen molar-refractivity contribution in [2.45, 2.75) is 53.5 Å². The average Bonchev–Trinajstić information content (AvgIpc) is 2.95. The van der Waals surface area contributed by atoms with Crippen LogP contribution in [0.5, 0.6) is 0 Å². The molecule has 0 aliphatic carbocycles. The van der Waals surface area contributed by atoms with Gasteiger partial charge in [0.15, 0.2) is 0 Å². The molecule has 0 bridgehead atoms. The summed E-state index contributed by atoms with van der Waals surface area (Å²) in [4.78, 5) is 25.8. The Kier molecular flexibility index (Phi) is 5.47. The lowest BCUT2D eigenvalue weighted by Gasteiger charge is -2.15. The molecule has 3 rings (SSSR count). The summed E-state index contributed by atoms with van der Waals surface area (Å²) in [6.45, 7) is 8.51. The molecule has 0 atom stereocenters. The first-order chi connectivity index (χ1) is 13.5. The van der Waals surface area contributed by atoms with Crippen LogP contribution in [0, 0.1) is 12.8 Å². The number of hydrogen-bond acceptors (Lipinski definition) is 2. The lowest BCUT2D eigenvalue weighted by atomic mass is 10.1. The second-order valence-corrected chi connectivity index (χ2v) is 7.64. The third-order valence-electron chi connectivity index (χ3n) is 4.97. The van der Waals surface area contributed by atoms with E-state index in [4.69, 9.17) is 0 Å². The Morgan fingerprint density at radius 1 is 1.00 bits per heavy atom. The summed E-state index contributed by atoms with van der Waals surface area (Å²) in [5.74, 6) is 0.206. The fourth-order valence-corrected chi connectivity index (χ4v) is 3.56. The van der Waals surface area contributed by atoms with Gasteiger partial charge in [0.25, 0.3) is 5.56 Å². The van der Waals surface area contributed by atoms with Gasteiger partial charge in [-0.05, 0) is 43.5 Å². The molecule has 29 heavy (non-hydrogen) atoms. The Morgan fingerprint density at radius 2 is 1.62 bits per heavy atom. The highest BCUT2D eigenvalue weighted by Crippen LogP contribution is 2.29. The molecule has 0 saturated carbocycles. The lowest BCUT2D eigenvalue weighted by molar-refractivity contribution is -0.137. The van der Waals surface area contributed by atoms with Crippen LogP contribution in [0.3, 0.4) is 0 Å². The molecule has 1 aromatic carbocycles. The third kappa shape index (κ3) is 3.88. The van der Waals surface area contributed by atoms with Crippen molar-refractivity contribution >= 4 is 11.0 Å². The molecule has 2 heterocycles. The largest absolute Gasteiger partial charge is 0.416 e. The van der Waals surface area contributed by atoms with E-state index in [0.717, 1.165) is 17.8 Å². The number of benzene rings is 1. The maximum absolute atomic E-state index is 13.0. The monoisotopic (exact) mass is 407 g/mol. The highest BCUT2D eigenvalue weighted by molar-refractivity contribution is 5.77. The van der Waals surface area contributed by atoms with Gasteiger partial charge in [-0.15, -0.1) is 0 Å². The van der Waals surface area contributed by atoms with Crippen LogP contribution < -0.4 is 11.2 Å². The molecule has 0 aliphatic heterocycles. The Bertz CT molecular complexity index is 1150. The van der Waals surface area contributed by atoms with E-state index >= 15 is 0 Å². The number of alkyl halides is 3. The Labute approximate surface area is 166 Å². The molecule has 0 spiro atoms. The molecule has 0 amide bonds. The second kappa shape index (κ2) is 7.57. The Hall–Kier alpha value is -2.77. The highest BCUT2D eigenvalue weighted by Gasteiger charge is 2.30. The summed E-state index contributed by atoms with van der Waals surface area (Å²) < 4.78 is 43.0. The van der Waals surface area contributed by atoms with Crippen molar-refractivity contribution in [3.8, 4) is 0 Å². The molecule has 2 aromatic heterocycles. The van der Waals surface area contributed by atoms with Gasteiger partial charge in [0.05, 0.1) is 11.1 Å². The molecular weight excluding hydrogens is 383 g/mol. The zero-order chi connectivity index (χ0) is 21.5. The maximum Gasteiger partial charge on any atom is 0.416 e. The average molecular weight is 407 g/mol. The zero-order valence-corrected chi connectivity index (χ0v) is 16.9. The summed E-state index contributed by atoms with van der Waals surface area (Å²) in [6, 6.07) is 6.70. The molecule has 0 radical (unpaired) electrons. The quantitative estimate of drug-likeness (QED) is 0.642. The maximum atomic E-state index is 13.0. The number of nitrogens with zero attached hydrogens (tertiary/aromatic N) is 3. The van der Waals surface area contributed by atoms with Crippen LogP contribution in [-0.4, -0.2) is 13.7 Å². The van der Waals surface area contributed by atoms with Gasteiger partial charge in [0.1, 0.15) is 5.52 Å². The second-order valence-electron chi connectivity index (χ2n) is 7.64. The first-order valence-electron chi connectivity index (χ1n) is 9.54. The van der Waals surface area contributed by atoms with Crippen LogP contribution in [0.25, 0.3) is 11.0 Å². The summed E-state index contributed by atoms with van der Waals surface area (Å²) in [6.07, 6.45) is -4.39. The van der Waals surface area contributed by atoms with Gasteiger partial charge in [0.2, 0.25) is 0 Å². The number of aryl methyl sites for hydroxylation is 1. The topological polar surface area (TPSA) is 48.9 Å². The normalized spacial score (nSPS) is 12.3. The van der Waals surface area contributed by atoms with Crippen LogP contribution in [-0.2, 0) is 25.8 Å².